The Kier molecular flexibility index (Phi) is 2.12. The second-order valence-electron chi connectivity index (χ2n) is 3.20. The molecule has 2 N–H and O–H groups in total. The minimum atomic E-state index is -0.276. The lowest BCUT2D eigenvalue weighted by atomic mass is 10.3. The summed E-state index contributed by atoms with van der Waals surface area (Å²) in [6.07, 6.45) is 0. The first kappa shape index (κ1) is 9.68. The van der Waals surface area contributed by atoms with Crippen LogP contribution < -0.4 is 5.73 Å². The molecule has 0 fully saturated rings. The molecule has 0 spiro atoms. The highest BCUT2D eigenvalue weighted by Crippen LogP contribution is 2.31. The Bertz CT molecular complexity index is 659. The molecule has 0 unspecified atom stereocenters. The van der Waals surface area contributed by atoms with Gasteiger partial charge in [0.2, 0.25) is 0 Å². The van der Waals surface area contributed by atoms with Gasteiger partial charge in [0.05, 0.1) is 10.2 Å². The highest BCUT2D eigenvalue weighted by atomic mass is 32.1. The third-order valence-electron chi connectivity index (χ3n) is 2.09. The molecule has 2 aromatic heterocycles. The molecule has 0 amide bonds. The number of nitrogen functional groups attached to an aromatic ring is 1. The molecule has 6 heteroatoms. The number of nitrogens with zero attached hydrogens (tertiary/aromatic N) is 2. The summed E-state index contributed by atoms with van der Waals surface area (Å²) in [6.45, 7) is 0. The van der Waals surface area contributed by atoms with Crippen molar-refractivity contribution < 1.29 is 4.39 Å². The minimum absolute atomic E-state index is 0.276. The first-order valence-electron chi connectivity index (χ1n) is 4.50. The zero-order valence-electron chi connectivity index (χ0n) is 7.98. The monoisotopic (exact) mass is 251 g/mol. The summed E-state index contributed by atoms with van der Waals surface area (Å²) < 4.78 is 13.9. The van der Waals surface area contributed by atoms with E-state index < -0.39 is 0 Å². The second kappa shape index (κ2) is 3.50. The van der Waals surface area contributed by atoms with Crippen molar-refractivity contribution in [2.24, 2.45) is 0 Å². The van der Waals surface area contributed by atoms with Gasteiger partial charge in [-0.3, -0.25) is 0 Å². The standard InChI is InChI=1S/C10H6FN3S2/c11-5-1-2-8-6(3-5)13-9(16-8)7-4-15-10(12)14-7/h1-4H,(H2,12,14). The van der Waals surface area contributed by atoms with E-state index in [1.807, 2.05) is 5.38 Å². The predicted octanol–water partition coefficient (Wildman–Crippen LogP) is 3.14. The van der Waals surface area contributed by atoms with Crippen LogP contribution in [0.4, 0.5) is 9.52 Å². The summed E-state index contributed by atoms with van der Waals surface area (Å²) in [7, 11) is 0. The average molecular weight is 251 g/mol. The molecule has 80 valence electrons. The third-order valence-corrected chi connectivity index (χ3v) is 3.82. The van der Waals surface area contributed by atoms with Crippen molar-refractivity contribution >= 4 is 38.0 Å². The first-order chi connectivity index (χ1) is 7.72. The molecule has 3 aromatic rings. The summed E-state index contributed by atoms with van der Waals surface area (Å²) >= 11 is 2.85. The van der Waals surface area contributed by atoms with Gasteiger partial charge >= 0.3 is 0 Å². The van der Waals surface area contributed by atoms with Crippen molar-refractivity contribution in [3.05, 3.63) is 29.4 Å². The Morgan fingerprint density at radius 2 is 2.12 bits per heavy atom. The molecule has 1 aromatic carbocycles. The van der Waals surface area contributed by atoms with E-state index in [1.165, 1.54) is 34.8 Å². The Morgan fingerprint density at radius 3 is 2.88 bits per heavy atom. The van der Waals surface area contributed by atoms with Crippen LogP contribution >= 0.6 is 22.7 Å². The fourth-order valence-electron chi connectivity index (χ4n) is 1.40. The quantitative estimate of drug-likeness (QED) is 0.722. The van der Waals surface area contributed by atoms with Crippen LogP contribution in [-0.4, -0.2) is 9.97 Å². The maximum absolute atomic E-state index is 13.0. The van der Waals surface area contributed by atoms with Gasteiger partial charge in [-0.05, 0) is 12.1 Å². The zero-order valence-corrected chi connectivity index (χ0v) is 9.61. The summed E-state index contributed by atoms with van der Waals surface area (Å²) in [5.74, 6) is -0.276. The number of rotatable bonds is 1. The summed E-state index contributed by atoms with van der Waals surface area (Å²) in [5, 5.41) is 3.14. The highest BCUT2D eigenvalue weighted by Gasteiger charge is 2.09. The van der Waals surface area contributed by atoms with Gasteiger partial charge in [-0.15, -0.1) is 22.7 Å². The summed E-state index contributed by atoms with van der Waals surface area (Å²) in [6, 6.07) is 4.58. The zero-order chi connectivity index (χ0) is 11.1. The minimum Gasteiger partial charge on any atom is -0.375 e. The fourth-order valence-corrected chi connectivity index (χ4v) is 2.92. The number of nitrogens with two attached hydrogens (primary N) is 1. The average Bonchev–Trinajstić information content (AvgIpc) is 2.83. The van der Waals surface area contributed by atoms with Crippen LogP contribution in [0.1, 0.15) is 0 Å². The largest absolute Gasteiger partial charge is 0.375 e. The van der Waals surface area contributed by atoms with E-state index in [9.17, 15) is 4.39 Å². The number of hydrogen-bond acceptors (Lipinski definition) is 5. The van der Waals surface area contributed by atoms with E-state index >= 15 is 0 Å². The Balaban J connectivity index is 2.18. The van der Waals surface area contributed by atoms with E-state index in [-0.39, 0.29) is 5.82 Å². The molecule has 0 saturated carbocycles. The van der Waals surface area contributed by atoms with Crippen LogP contribution in [0.15, 0.2) is 23.6 Å². The van der Waals surface area contributed by atoms with Crippen LogP contribution in [0.3, 0.4) is 0 Å². The van der Waals surface area contributed by atoms with Gasteiger partial charge in [0.1, 0.15) is 16.5 Å². The lowest BCUT2D eigenvalue weighted by Crippen LogP contribution is -1.82. The topological polar surface area (TPSA) is 51.8 Å². The molecule has 3 rings (SSSR count). The lowest BCUT2D eigenvalue weighted by molar-refractivity contribution is 0.629. The molecule has 0 saturated heterocycles. The molecule has 0 radical (unpaired) electrons. The van der Waals surface area contributed by atoms with Gasteiger partial charge in [-0.25, -0.2) is 14.4 Å². The fraction of sp³-hybridized carbons (Fsp3) is 0. The van der Waals surface area contributed by atoms with Gasteiger partial charge in [0.15, 0.2) is 5.13 Å². The van der Waals surface area contributed by atoms with Gasteiger partial charge in [-0.2, -0.15) is 0 Å². The summed E-state index contributed by atoms with van der Waals surface area (Å²) in [4.78, 5) is 8.47. The van der Waals surface area contributed by atoms with Crippen molar-refractivity contribution in [3.63, 3.8) is 0 Å². The van der Waals surface area contributed by atoms with Crippen molar-refractivity contribution in [1.82, 2.24) is 9.97 Å². The molecular weight excluding hydrogens is 245 g/mol. The number of aromatic nitrogens is 2. The van der Waals surface area contributed by atoms with Crippen LogP contribution in [0.5, 0.6) is 0 Å². The van der Waals surface area contributed by atoms with E-state index in [0.29, 0.717) is 10.6 Å². The molecular formula is C10H6FN3S2. The maximum Gasteiger partial charge on any atom is 0.180 e. The van der Waals surface area contributed by atoms with Crippen LogP contribution in [0.2, 0.25) is 0 Å². The van der Waals surface area contributed by atoms with Crippen molar-refractivity contribution in [3.8, 4) is 10.7 Å². The van der Waals surface area contributed by atoms with Crippen molar-refractivity contribution in [2.75, 3.05) is 5.73 Å². The second-order valence-corrected chi connectivity index (χ2v) is 5.12. The molecule has 0 atom stereocenters. The number of anilines is 1. The molecule has 3 nitrogen and oxygen atoms in total. The van der Waals surface area contributed by atoms with Gasteiger partial charge in [0.25, 0.3) is 0 Å². The van der Waals surface area contributed by atoms with Crippen LogP contribution in [0, 0.1) is 5.82 Å². The molecule has 16 heavy (non-hydrogen) atoms. The van der Waals surface area contributed by atoms with Crippen molar-refractivity contribution in [2.45, 2.75) is 0 Å². The highest BCUT2D eigenvalue weighted by molar-refractivity contribution is 7.22. The number of thiazole rings is 2. The predicted molar refractivity (Wildman–Crippen MR) is 65.1 cm³/mol. The Labute approximate surface area is 98.4 Å². The SMILES string of the molecule is Nc1nc(-c2nc3cc(F)ccc3s2)cs1. The number of hydrogen-bond donors (Lipinski definition) is 1. The van der Waals surface area contributed by atoms with Gasteiger partial charge in [0, 0.05) is 11.4 Å². The van der Waals surface area contributed by atoms with E-state index in [0.717, 1.165) is 15.4 Å². The van der Waals surface area contributed by atoms with Crippen LogP contribution in [-0.2, 0) is 0 Å². The third kappa shape index (κ3) is 1.56. The normalized spacial score (nSPS) is 11.1. The van der Waals surface area contributed by atoms with Gasteiger partial charge < -0.3 is 5.73 Å². The lowest BCUT2D eigenvalue weighted by Gasteiger charge is -1.85. The number of benzene rings is 1. The molecule has 0 bridgehead atoms. The summed E-state index contributed by atoms with van der Waals surface area (Å²) in [5.41, 5.74) is 6.97. The van der Waals surface area contributed by atoms with E-state index in [1.54, 1.807) is 6.07 Å². The van der Waals surface area contributed by atoms with Crippen molar-refractivity contribution in [1.29, 1.82) is 0 Å². The Hall–Kier alpha value is -1.53. The first-order valence-corrected chi connectivity index (χ1v) is 6.19. The molecule has 0 aliphatic carbocycles. The molecule has 2 heterocycles. The van der Waals surface area contributed by atoms with Crippen LogP contribution in [0.25, 0.3) is 20.9 Å². The maximum atomic E-state index is 13.0. The van der Waals surface area contributed by atoms with Gasteiger partial charge in [-0.1, -0.05) is 0 Å². The number of fused-ring (bicyclic) bond motifs is 1. The Morgan fingerprint density at radius 1 is 1.25 bits per heavy atom. The number of halogens is 1. The smallest absolute Gasteiger partial charge is 0.180 e. The molecule has 0 aliphatic heterocycles. The van der Waals surface area contributed by atoms with E-state index in [2.05, 4.69) is 9.97 Å². The van der Waals surface area contributed by atoms with E-state index in [4.69, 9.17) is 5.73 Å². The molecule has 0 aliphatic rings.